The molecule has 0 spiro atoms. The molecule has 90 valence electrons. The van der Waals surface area contributed by atoms with Gasteiger partial charge in [0.2, 0.25) is 0 Å². The standard InChI is InChI=1S/C10H21NO4/c1-7(9(14)15-4)8(2)11-10(3,5-12)6-13/h7-8,11-13H,5-6H2,1-4H3. The normalized spacial score (nSPS) is 15.9. The van der Waals surface area contributed by atoms with E-state index in [-0.39, 0.29) is 31.1 Å². The zero-order valence-electron chi connectivity index (χ0n) is 9.78. The summed E-state index contributed by atoms with van der Waals surface area (Å²) in [5, 5.41) is 21.2. The fourth-order valence-electron chi connectivity index (χ4n) is 1.21. The van der Waals surface area contributed by atoms with Crippen LogP contribution in [0.4, 0.5) is 0 Å². The first-order valence-electron chi connectivity index (χ1n) is 4.97. The van der Waals surface area contributed by atoms with Crippen LogP contribution in [0, 0.1) is 5.92 Å². The Bertz CT molecular complexity index is 204. The first kappa shape index (κ1) is 14.3. The molecule has 0 aromatic heterocycles. The number of methoxy groups -OCH3 is 1. The number of rotatable bonds is 6. The molecular formula is C10H21NO4. The van der Waals surface area contributed by atoms with Crippen LogP contribution in [0.15, 0.2) is 0 Å². The lowest BCUT2D eigenvalue weighted by Crippen LogP contribution is -2.55. The molecule has 0 rings (SSSR count). The highest BCUT2D eigenvalue weighted by Crippen LogP contribution is 2.10. The van der Waals surface area contributed by atoms with Crippen molar-refractivity contribution in [2.45, 2.75) is 32.4 Å². The van der Waals surface area contributed by atoms with Crippen LogP contribution in [0.3, 0.4) is 0 Å². The van der Waals surface area contributed by atoms with Gasteiger partial charge in [0.15, 0.2) is 0 Å². The summed E-state index contributed by atoms with van der Waals surface area (Å²) in [4.78, 5) is 11.2. The molecule has 2 atom stereocenters. The Kier molecular flexibility index (Phi) is 5.79. The Hall–Kier alpha value is -0.650. The quantitative estimate of drug-likeness (QED) is 0.526. The smallest absolute Gasteiger partial charge is 0.309 e. The van der Waals surface area contributed by atoms with Gasteiger partial charge in [-0.05, 0) is 13.8 Å². The molecule has 0 aliphatic rings. The average Bonchev–Trinajstić information content (AvgIpc) is 2.26. The van der Waals surface area contributed by atoms with Gasteiger partial charge in [-0.1, -0.05) is 6.92 Å². The highest BCUT2D eigenvalue weighted by molar-refractivity contribution is 5.72. The minimum atomic E-state index is -0.776. The highest BCUT2D eigenvalue weighted by atomic mass is 16.5. The summed E-state index contributed by atoms with van der Waals surface area (Å²) in [5.41, 5.74) is -0.776. The summed E-state index contributed by atoms with van der Waals surface area (Å²) < 4.78 is 4.61. The van der Waals surface area contributed by atoms with Crippen molar-refractivity contribution < 1.29 is 19.7 Å². The van der Waals surface area contributed by atoms with E-state index in [0.29, 0.717) is 0 Å². The van der Waals surface area contributed by atoms with Crippen molar-refractivity contribution in [1.82, 2.24) is 5.32 Å². The van der Waals surface area contributed by atoms with E-state index in [2.05, 4.69) is 10.1 Å². The molecule has 0 heterocycles. The van der Waals surface area contributed by atoms with Gasteiger partial charge in [-0.3, -0.25) is 4.79 Å². The molecule has 3 N–H and O–H groups in total. The molecule has 5 heteroatoms. The minimum Gasteiger partial charge on any atom is -0.469 e. The van der Waals surface area contributed by atoms with Crippen molar-refractivity contribution in [3.63, 3.8) is 0 Å². The molecule has 0 aliphatic carbocycles. The Labute approximate surface area is 90.4 Å². The Morgan fingerprint density at radius 1 is 1.40 bits per heavy atom. The molecule has 0 fully saturated rings. The van der Waals surface area contributed by atoms with E-state index in [1.165, 1.54) is 7.11 Å². The average molecular weight is 219 g/mol. The van der Waals surface area contributed by atoms with Crippen LogP contribution in [-0.2, 0) is 9.53 Å². The summed E-state index contributed by atoms with van der Waals surface area (Å²) in [5.74, 6) is -0.638. The molecule has 0 radical (unpaired) electrons. The van der Waals surface area contributed by atoms with Gasteiger partial charge in [0.25, 0.3) is 0 Å². The molecular weight excluding hydrogens is 198 g/mol. The van der Waals surface area contributed by atoms with Gasteiger partial charge in [-0.25, -0.2) is 0 Å². The predicted octanol–water partition coefficient (Wildman–Crippen LogP) is -0.483. The summed E-state index contributed by atoms with van der Waals surface area (Å²) >= 11 is 0. The Morgan fingerprint density at radius 3 is 2.20 bits per heavy atom. The second kappa shape index (κ2) is 6.05. The lowest BCUT2D eigenvalue weighted by atomic mass is 9.98. The largest absolute Gasteiger partial charge is 0.469 e. The maximum Gasteiger partial charge on any atom is 0.309 e. The predicted molar refractivity (Wildman–Crippen MR) is 56.4 cm³/mol. The lowest BCUT2D eigenvalue weighted by Gasteiger charge is -2.32. The zero-order chi connectivity index (χ0) is 12.1. The minimum absolute atomic E-state index is 0.179. The number of aliphatic hydroxyl groups is 2. The van der Waals surface area contributed by atoms with Gasteiger partial charge >= 0.3 is 5.97 Å². The van der Waals surface area contributed by atoms with Crippen molar-refractivity contribution in [1.29, 1.82) is 0 Å². The second-order valence-corrected chi connectivity index (χ2v) is 4.12. The monoisotopic (exact) mass is 219 g/mol. The highest BCUT2D eigenvalue weighted by Gasteiger charge is 2.29. The number of carbonyl (C=O) groups excluding carboxylic acids is 1. The molecule has 0 saturated carbocycles. The van der Waals surface area contributed by atoms with Crippen molar-refractivity contribution in [2.75, 3.05) is 20.3 Å². The summed E-state index contributed by atoms with van der Waals surface area (Å²) in [7, 11) is 1.34. The molecule has 0 amide bonds. The maximum absolute atomic E-state index is 11.2. The van der Waals surface area contributed by atoms with Crippen molar-refractivity contribution in [3.05, 3.63) is 0 Å². The molecule has 5 nitrogen and oxygen atoms in total. The summed E-state index contributed by atoms with van der Waals surface area (Å²) in [6, 6.07) is -0.179. The SMILES string of the molecule is COC(=O)C(C)C(C)NC(C)(CO)CO. The van der Waals surface area contributed by atoms with Crippen LogP contribution < -0.4 is 5.32 Å². The molecule has 0 aliphatic heterocycles. The first-order chi connectivity index (χ1) is 6.90. The van der Waals surface area contributed by atoms with Gasteiger partial charge < -0.3 is 20.3 Å². The fraction of sp³-hybridized carbons (Fsp3) is 0.900. The van der Waals surface area contributed by atoms with E-state index < -0.39 is 5.54 Å². The number of ether oxygens (including phenoxy) is 1. The third kappa shape index (κ3) is 4.15. The van der Waals surface area contributed by atoms with E-state index in [1.807, 2.05) is 6.92 Å². The van der Waals surface area contributed by atoms with Gasteiger partial charge in [0.1, 0.15) is 0 Å². The van der Waals surface area contributed by atoms with Gasteiger partial charge in [0.05, 0.1) is 31.8 Å². The number of hydrogen-bond donors (Lipinski definition) is 3. The van der Waals surface area contributed by atoms with Gasteiger partial charge in [-0.15, -0.1) is 0 Å². The van der Waals surface area contributed by atoms with Gasteiger partial charge in [-0.2, -0.15) is 0 Å². The van der Waals surface area contributed by atoms with E-state index in [1.54, 1.807) is 13.8 Å². The van der Waals surface area contributed by atoms with Crippen LogP contribution in [0.5, 0.6) is 0 Å². The Morgan fingerprint density at radius 2 is 1.87 bits per heavy atom. The number of carbonyl (C=O) groups is 1. The summed E-state index contributed by atoms with van der Waals surface area (Å²) in [6.45, 7) is 4.85. The van der Waals surface area contributed by atoms with Crippen LogP contribution in [-0.4, -0.2) is 48.1 Å². The third-order valence-corrected chi connectivity index (χ3v) is 2.60. The number of nitrogens with one attached hydrogen (secondary N) is 1. The molecule has 0 aromatic rings. The molecule has 0 bridgehead atoms. The van der Waals surface area contributed by atoms with Crippen LogP contribution in [0.2, 0.25) is 0 Å². The maximum atomic E-state index is 11.2. The summed E-state index contributed by atoms with van der Waals surface area (Å²) in [6.07, 6.45) is 0. The van der Waals surface area contributed by atoms with Crippen LogP contribution in [0.25, 0.3) is 0 Å². The second-order valence-electron chi connectivity index (χ2n) is 4.12. The van der Waals surface area contributed by atoms with Crippen molar-refractivity contribution in [3.8, 4) is 0 Å². The topological polar surface area (TPSA) is 78.8 Å². The molecule has 2 unspecified atom stereocenters. The third-order valence-electron chi connectivity index (χ3n) is 2.60. The Balaban J connectivity index is 4.34. The van der Waals surface area contributed by atoms with Crippen molar-refractivity contribution >= 4 is 5.97 Å². The molecule has 15 heavy (non-hydrogen) atoms. The lowest BCUT2D eigenvalue weighted by molar-refractivity contribution is -0.146. The zero-order valence-corrected chi connectivity index (χ0v) is 9.78. The first-order valence-corrected chi connectivity index (χ1v) is 4.97. The van der Waals surface area contributed by atoms with E-state index in [9.17, 15) is 4.79 Å². The number of hydrogen-bond acceptors (Lipinski definition) is 5. The van der Waals surface area contributed by atoms with E-state index in [4.69, 9.17) is 10.2 Å². The van der Waals surface area contributed by atoms with Gasteiger partial charge in [0, 0.05) is 6.04 Å². The molecule has 0 saturated heterocycles. The number of esters is 1. The van der Waals surface area contributed by atoms with E-state index in [0.717, 1.165) is 0 Å². The van der Waals surface area contributed by atoms with Crippen LogP contribution >= 0.6 is 0 Å². The van der Waals surface area contributed by atoms with Crippen LogP contribution in [0.1, 0.15) is 20.8 Å². The van der Waals surface area contributed by atoms with E-state index >= 15 is 0 Å². The molecule has 0 aromatic carbocycles. The fourth-order valence-corrected chi connectivity index (χ4v) is 1.21. The number of aliphatic hydroxyl groups excluding tert-OH is 2. The van der Waals surface area contributed by atoms with Crippen molar-refractivity contribution in [2.24, 2.45) is 5.92 Å².